The van der Waals surface area contributed by atoms with Crippen molar-refractivity contribution < 1.29 is 38.6 Å². The van der Waals surface area contributed by atoms with Crippen molar-refractivity contribution in [2.24, 2.45) is 5.92 Å². The number of thioether (sulfide) groups is 1. The van der Waals surface area contributed by atoms with Crippen LogP contribution < -0.4 is 15.1 Å². The molecule has 0 aromatic heterocycles. The number of carboxylic acids is 2. The summed E-state index contributed by atoms with van der Waals surface area (Å²) in [4.78, 5) is 67.0. The number of benzene rings is 1. The van der Waals surface area contributed by atoms with E-state index < -0.39 is 46.8 Å². The summed E-state index contributed by atoms with van der Waals surface area (Å²) < 4.78 is 15.3. The van der Waals surface area contributed by atoms with Crippen molar-refractivity contribution in [3.63, 3.8) is 0 Å². The second-order valence-electron chi connectivity index (χ2n) is 10.7. The van der Waals surface area contributed by atoms with Crippen molar-refractivity contribution in [2.75, 3.05) is 54.8 Å². The number of hydrogen-bond donors (Lipinski definition) is 3. The van der Waals surface area contributed by atoms with Gasteiger partial charge in [-0.3, -0.25) is 29.0 Å². The number of nitrogens with one attached hydrogen (secondary N) is 1. The van der Waals surface area contributed by atoms with E-state index in [0.29, 0.717) is 61.8 Å². The molecule has 3 unspecified atom stereocenters. The van der Waals surface area contributed by atoms with Crippen LogP contribution in [0.3, 0.4) is 0 Å². The number of Topliss-reactive ketones (excluding diaryl/α,β-unsaturated/α-hetero) is 1. The largest absolute Gasteiger partial charge is 0.481 e. The average Bonchev–Trinajstić information content (AvgIpc) is 3.77. The van der Waals surface area contributed by atoms with Gasteiger partial charge in [-0.25, -0.2) is 9.18 Å². The Morgan fingerprint density at radius 1 is 1.10 bits per heavy atom. The number of β-lactam (4-membered cyclic amide) rings is 1. The van der Waals surface area contributed by atoms with Gasteiger partial charge in [0.1, 0.15) is 28.8 Å². The van der Waals surface area contributed by atoms with E-state index in [4.69, 9.17) is 0 Å². The molecule has 0 bridgehead atoms. The molecule has 0 radical (unpaired) electrons. The normalized spacial score (nSPS) is 26.7. The highest BCUT2D eigenvalue weighted by molar-refractivity contribution is 8.00. The summed E-state index contributed by atoms with van der Waals surface area (Å²) in [6, 6.07) is 2.25. The molecule has 1 saturated carbocycles. The lowest BCUT2D eigenvalue weighted by Crippen LogP contribution is -2.69. The van der Waals surface area contributed by atoms with Crippen LogP contribution in [0.1, 0.15) is 23.2 Å². The van der Waals surface area contributed by atoms with Crippen LogP contribution >= 0.6 is 11.8 Å². The van der Waals surface area contributed by atoms with Gasteiger partial charge in [-0.15, -0.1) is 11.8 Å². The first-order chi connectivity index (χ1) is 19.2. The number of hydrogen-bond acceptors (Lipinski definition) is 9. The van der Waals surface area contributed by atoms with E-state index in [2.05, 4.69) is 10.2 Å². The van der Waals surface area contributed by atoms with Gasteiger partial charge in [0, 0.05) is 56.6 Å². The summed E-state index contributed by atoms with van der Waals surface area (Å²) in [6.45, 7) is 2.40. The highest BCUT2D eigenvalue weighted by Gasteiger charge is 2.53. The standard InChI is InChI=1S/C26H28FN5O7S/c27-17-7-15-18(31(14-1-2-14)10-16(22(15)34)25(36)37)8-19(17)30-5-3-29(4-6-30)9-13-11-40-24-20(28-12-33)23(35)32(24)21(13)26(38)39/h7-8,12,14,16,20,24H,1-6,9-11H2,(H,28,33)(H,36,37)(H,38,39). The third-order valence-electron chi connectivity index (χ3n) is 8.25. The molecule has 40 heavy (non-hydrogen) atoms. The summed E-state index contributed by atoms with van der Waals surface area (Å²) in [6.07, 6.45) is 2.24. The summed E-state index contributed by atoms with van der Waals surface area (Å²) in [5, 5.41) is 21.4. The van der Waals surface area contributed by atoms with E-state index in [1.807, 2.05) is 9.80 Å². The predicted octanol–water partition coefficient (Wildman–Crippen LogP) is 0.182. The number of carbonyl (C=O) groups excluding carboxylic acids is 3. The zero-order chi connectivity index (χ0) is 28.3. The molecule has 1 aromatic carbocycles. The van der Waals surface area contributed by atoms with Crippen molar-refractivity contribution >= 4 is 53.2 Å². The first kappa shape index (κ1) is 26.6. The first-order valence-electron chi connectivity index (χ1n) is 13.1. The highest BCUT2D eigenvalue weighted by atomic mass is 32.2. The second kappa shape index (κ2) is 10.1. The van der Waals surface area contributed by atoms with Gasteiger partial charge < -0.3 is 25.3 Å². The van der Waals surface area contributed by atoms with Crippen LogP contribution in [0.2, 0.25) is 0 Å². The number of ketones is 1. The number of anilines is 2. The van der Waals surface area contributed by atoms with Crippen LogP contribution in [0.25, 0.3) is 0 Å². The fraction of sp³-hybridized carbons (Fsp3) is 0.500. The van der Waals surface area contributed by atoms with Crippen LogP contribution in [0, 0.1) is 11.7 Å². The van der Waals surface area contributed by atoms with Crippen molar-refractivity contribution in [1.82, 2.24) is 15.1 Å². The monoisotopic (exact) mass is 573 g/mol. The van der Waals surface area contributed by atoms with Gasteiger partial charge in [-0.1, -0.05) is 0 Å². The highest BCUT2D eigenvalue weighted by Crippen LogP contribution is 2.42. The lowest BCUT2D eigenvalue weighted by atomic mass is 9.90. The molecule has 1 aliphatic carbocycles. The summed E-state index contributed by atoms with van der Waals surface area (Å²) in [7, 11) is 0. The summed E-state index contributed by atoms with van der Waals surface area (Å²) >= 11 is 1.41. The van der Waals surface area contributed by atoms with Gasteiger partial charge in [-0.05, 0) is 30.5 Å². The molecule has 5 aliphatic rings. The zero-order valence-corrected chi connectivity index (χ0v) is 22.2. The van der Waals surface area contributed by atoms with Crippen molar-refractivity contribution in [1.29, 1.82) is 0 Å². The molecule has 14 heteroatoms. The minimum Gasteiger partial charge on any atom is -0.481 e. The lowest BCUT2D eigenvalue weighted by molar-refractivity contribution is -0.149. The molecule has 3 atom stereocenters. The number of amides is 2. The van der Waals surface area contributed by atoms with Gasteiger partial charge in [0.05, 0.1) is 11.4 Å². The fourth-order valence-corrected chi connectivity index (χ4v) is 7.38. The van der Waals surface area contributed by atoms with Crippen LogP contribution in [-0.4, -0.2) is 113 Å². The van der Waals surface area contributed by atoms with Crippen molar-refractivity contribution in [3.8, 4) is 0 Å². The molecule has 6 rings (SSSR count). The van der Waals surface area contributed by atoms with Gasteiger partial charge in [0.25, 0.3) is 5.91 Å². The number of rotatable bonds is 8. The topological polar surface area (TPSA) is 151 Å². The molecule has 3 N–H and O–H groups in total. The zero-order valence-electron chi connectivity index (χ0n) is 21.4. The molecular weight excluding hydrogens is 545 g/mol. The average molecular weight is 574 g/mol. The maximum absolute atomic E-state index is 15.3. The third kappa shape index (κ3) is 4.38. The number of aliphatic carboxylic acids is 2. The van der Waals surface area contributed by atoms with Crippen LogP contribution in [0.5, 0.6) is 0 Å². The molecule has 1 aromatic rings. The van der Waals surface area contributed by atoms with Crippen molar-refractivity contribution in [3.05, 3.63) is 34.8 Å². The Kier molecular flexibility index (Phi) is 6.69. The first-order valence-corrected chi connectivity index (χ1v) is 14.2. The number of carbonyl (C=O) groups is 5. The number of halogens is 1. The lowest BCUT2D eigenvalue weighted by Gasteiger charge is -2.49. The van der Waals surface area contributed by atoms with Gasteiger partial charge >= 0.3 is 11.9 Å². The van der Waals surface area contributed by atoms with E-state index in [0.717, 1.165) is 12.8 Å². The Morgan fingerprint density at radius 3 is 2.45 bits per heavy atom. The number of fused-ring (bicyclic) bond motifs is 2. The maximum atomic E-state index is 15.3. The Hall–Kier alpha value is -3.65. The number of piperazine rings is 1. The summed E-state index contributed by atoms with van der Waals surface area (Å²) in [5.41, 5.74) is 1.62. The molecule has 2 saturated heterocycles. The van der Waals surface area contributed by atoms with E-state index in [-0.39, 0.29) is 23.8 Å². The van der Waals surface area contributed by atoms with E-state index in [1.54, 1.807) is 6.07 Å². The summed E-state index contributed by atoms with van der Waals surface area (Å²) in [5.74, 6) is -4.78. The molecule has 12 nitrogen and oxygen atoms in total. The molecule has 0 spiro atoms. The quantitative estimate of drug-likeness (QED) is 0.222. The second-order valence-corrected chi connectivity index (χ2v) is 11.8. The molecule has 212 valence electrons. The van der Waals surface area contributed by atoms with Gasteiger partial charge in [-0.2, -0.15) is 0 Å². The Balaban J connectivity index is 1.17. The van der Waals surface area contributed by atoms with E-state index in [1.165, 1.54) is 22.7 Å². The molecule has 3 fully saturated rings. The predicted molar refractivity (Wildman–Crippen MR) is 142 cm³/mol. The van der Waals surface area contributed by atoms with Crippen molar-refractivity contribution in [2.45, 2.75) is 30.3 Å². The molecular formula is C26H28FN5O7S. The van der Waals surface area contributed by atoms with Crippen LogP contribution in [0.4, 0.5) is 15.8 Å². The minimum atomic E-state index is -1.21. The Labute approximate surface area is 232 Å². The van der Waals surface area contributed by atoms with E-state index >= 15 is 4.39 Å². The molecule has 4 aliphatic heterocycles. The van der Waals surface area contributed by atoms with Crippen LogP contribution in [0.15, 0.2) is 23.4 Å². The van der Waals surface area contributed by atoms with Crippen LogP contribution in [-0.2, 0) is 19.2 Å². The Morgan fingerprint density at radius 2 is 1.82 bits per heavy atom. The van der Waals surface area contributed by atoms with E-state index in [9.17, 15) is 34.2 Å². The van der Waals surface area contributed by atoms with Gasteiger partial charge in [0.2, 0.25) is 6.41 Å². The third-order valence-corrected chi connectivity index (χ3v) is 9.59. The maximum Gasteiger partial charge on any atom is 0.352 e. The molecule has 2 amide bonds. The number of carboxylic acid groups (broad SMARTS) is 2. The molecule has 4 heterocycles. The smallest absolute Gasteiger partial charge is 0.352 e. The SMILES string of the molecule is O=CNC1C(=O)N2C(C(=O)O)=C(CN3CCN(c4cc5c(cc4F)C(=O)C(C(=O)O)CN5C4CC4)CC3)CSC12. The van der Waals surface area contributed by atoms with Gasteiger partial charge in [0.15, 0.2) is 5.78 Å². The number of nitrogens with zero attached hydrogens (tertiary/aromatic N) is 4. The Bertz CT molecular complexity index is 1340. The fourth-order valence-electron chi connectivity index (χ4n) is 6.03. The minimum absolute atomic E-state index is 0.0367.